The summed E-state index contributed by atoms with van der Waals surface area (Å²) in [4.78, 5) is 0. The first-order valence-electron chi connectivity index (χ1n) is 6.19. The van der Waals surface area contributed by atoms with Crippen LogP contribution in [-0.4, -0.2) is 22.9 Å². The molecular formula is C13H23N3. The molecule has 0 radical (unpaired) electrons. The molecule has 90 valence electrons. The van der Waals surface area contributed by atoms with E-state index in [0.717, 1.165) is 26.1 Å². The van der Waals surface area contributed by atoms with E-state index in [1.54, 1.807) is 0 Å². The molecule has 0 saturated heterocycles. The Morgan fingerprint density at radius 3 is 2.94 bits per heavy atom. The van der Waals surface area contributed by atoms with Crippen LogP contribution in [0.5, 0.6) is 0 Å². The summed E-state index contributed by atoms with van der Waals surface area (Å²) < 4.78 is 2.03. The van der Waals surface area contributed by atoms with Crippen LogP contribution in [0.3, 0.4) is 0 Å². The van der Waals surface area contributed by atoms with Gasteiger partial charge in [0.15, 0.2) is 0 Å². The Kier molecular flexibility index (Phi) is 5.86. The summed E-state index contributed by atoms with van der Waals surface area (Å²) in [5, 5.41) is 7.67. The van der Waals surface area contributed by atoms with Gasteiger partial charge in [-0.15, -0.1) is 0 Å². The number of aryl methyl sites for hydroxylation is 1. The van der Waals surface area contributed by atoms with Gasteiger partial charge in [0.05, 0.1) is 5.69 Å². The fourth-order valence-electron chi connectivity index (χ4n) is 1.72. The molecule has 1 rings (SSSR count). The second-order valence-electron chi connectivity index (χ2n) is 3.96. The largest absolute Gasteiger partial charge is 0.316 e. The van der Waals surface area contributed by atoms with Gasteiger partial charge >= 0.3 is 0 Å². The van der Waals surface area contributed by atoms with Crippen LogP contribution in [0.1, 0.15) is 39.3 Å². The molecular weight excluding hydrogens is 198 g/mol. The van der Waals surface area contributed by atoms with Gasteiger partial charge in [-0.05, 0) is 51.4 Å². The highest BCUT2D eigenvalue weighted by Gasteiger charge is 2.01. The maximum Gasteiger partial charge on any atom is 0.0635 e. The van der Waals surface area contributed by atoms with Crippen LogP contribution in [0.4, 0.5) is 0 Å². The quantitative estimate of drug-likeness (QED) is 0.717. The molecule has 0 fully saturated rings. The van der Waals surface area contributed by atoms with E-state index in [2.05, 4.69) is 43.3 Å². The fraction of sp³-hybridized carbons (Fsp3) is 0.615. The first-order valence-corrected chi connectivity index (χ1v) is 6.19. The summed E-state index contributed by atoms with van der Waals surface area (Å²) in [5.74, 6) is 0. The third kappa shape index (κ3) is 3.81. The highest BCUT2D eigenvalue weighted by molar-refractivity contribution is 5.60. The second-order valence-corrected chi connectivity index (χ2v) is 3.96. The van der Waals surface area contributed by atoms with Gasteiger partial charge in [-0.2, -0.15) is 5.10 Å². The lowest BCUT2D eigenvalue weighted by atomic mass is 10.2. The van der Waals surface area contributed by atoms with Crippen molar-refractivity contribution in [2.45, 2.75) is 40.2 Å². The summed E-state index contributed by atoms with van der Waals surface area (Å²) in [6, 6.07) is 2.08. The number of nitrogens with one attached hydrogen (secondary N) is 1. The molecule has 1 N–H and O–H groups in total. The number of hydrogen-bond acceptors (Lipinski definition) is 2. The van der Waals surface area contributed by atoms with E-state index in [-0.39, 0.29) is 0 Å². The minimum Gasteiger partial charge on any atom is -0.316 e. The van der Waals surface area contributed by atoms with Crippen molar-refractivity contribution in [3.63, 3.8) is 0 Å². The zero-order valence-corrected chi connectivity index (χ0v) is 10.7. The molecule has 0 saturated carbocycles. The fourth-order valence-corrected chi connectivity index (χ4v) is 1.72. The Morgan fingerprint density at radius 1 is 1.44 bits per heavy atom. The lowest BCUT2D eigenvalue weighted by Gasteiger charge is -2.05. The molecule has 0 aliphatic heterocycles. The molecule has 0 spiro atoms. The third-order valence-corrected chi connectivity index (χ3v) is 2.62. The average molecular weight is 221 g/mol. The molecule has 0 aliphatic carbocycles. The topological polar surface area (TPSA) is 29.9 Å². The maximum atomic E-state index is 4.27. The van der Waals surface area contributed by atoms with E-state index in [0.29, 0.717) is 0 Å². The lowest BCUT2D eigenvalue weighted by Crippen LogP contribution is -2.15. The zero-order chi connectivity index (χ0) is 11.8. The van der Waals surface area contributed by atoms with E-state index in [1.807, 2.05) is 10.9 Å². The number of rotatable bonds is 7. The standard InChI is InChI=1S/C13H23N3/c1-4-9-14-10-6-7-12(3)13-8-11-15-16(13)5-2/h7-8,11,14H,4-6,9-10H2,1-3H3. The van der Waals surface area contributed by atoms with Crippen molar-refractivity contribution in [3.05, 3.63) is 24.0 Å². The molecule has 0 unspecified atom stereocenters. The first-order chi connectivity index (χ1) is 7.79. The Labute approximate surface area is 98.5 Å². The van der Waals surface area contributed by atoms with Gasteiger partial charge in [0, 0.05) is 12.7 Å². The predicted octanol–water partition coefficient (Wildman–Crippen LogP) is 2.70. The lowest BCUT2D eigenvalue weighted by molar-refractivity contribution is 0.650. The molecule has 1 heterocycles. The van der Waals surface area contributed by atoms with Crippen LogP contribution in [0.2, 0.25) is 0 Å². The van der Waals surface area contributed by atoms with E-state index < -0.39 is 0 Å². The van der Waals surface area contributed by atoms with Crippen molar-refractivity contribution in [2.24, 2.45) is 0 Å². The smallest absolute Gasteiger partial charge is 0.0635 e. The number of hydrogen-bond donors (Lipinski definition) is 1. The Morgan fingerprint density at radius 2 is 2.25 bits per heavy atom. The van der Waals surface area contributed by atoms with E-state index >= 15 is 0 Å². The molecule has 1 aromatic rings. The maximum absolute atomic E-state index is 4.27. The minimum atomic E-state index is 0.932. The first kappa shape index (κ1) is 13.0. The number of aromatic nitrogens is 2. The van der Waals surface area contributed by atoms with Gasteiger partial charge in [-0.25, -0.2) is 0 Å². The number of allylic oxidation sites excluding steroid dienone is 1. The molecule has 0 atom stereocenters. The molecule has 0 bridgehead atoms. The zero-order valence-electron chi connectivity index (χ0n) is 10.7. The number of nitrogens with zero attached hydrogens (tertiary/aromatic N) is 2. The van der Waals surface area contributed by atoms with Gasteiger partial charge in [-0.3, -0.25) is 4.68 Å². The average Bonchev–Trinajstić information content (AvgIpc) is 2.76. The van der Waals surface area contributed by atoms with Crippen molar-refractivity contribution in [1.29, 1.82) is 0 Å². The van der Waals surface area contributed by atoms with Crippen molar-refractivity contribution in [2.75, 3.05) is 13.1 Å². The van der Waals surface area contributed by atoms with Crippen LogP contribution in [0.15, 0.2) is 18.3 Å². The minimum absolute atomic E-state index is 0.932. The van der Waals surface area contributed by atoms with Crippen LogP contribution in [0, 0.1) is 0 Å². The monoisotopic (exact) mass is 221 g/mol. The Hall–Kier alpha value is -1.09. The normalized spacial score (nSPS) is 12.1. The van der Waals surface area contributed by atoms with E-state index in [9.17, 15) is 0 Å². The van der Waals surface area contributed by atoms with Gasteiger partial charge in [0.2, 0.25) is 0 Å². The van der Waals surface area contributed by atoms with Crippen LogP contribution in [0.25, 0.3) is 5.57 Å². The van der Waals surface area contributed by atoms with Gasteiger partial charge in [0.1, 0.15) is 0 Å². The van der Waals surface area contributed by atoms with Gasteiger partial charge < -0.3 is 5.32 Å². The molecule has 3 heteroatoms. The third-order valence-electron chi connectivity index (χ3n) is 2.62. The molecule has 3 nitrogen and oxygen atoms in total. The van der Waals surface area contributed by atoms with Crippen molar-refractivity contribution >= 4 is 5.57 Å². The van der Waals surface area contributed by atoms with Crippen molar-refractivity contribution < 1.29 is 0 Å². The molecule has 0 amide bonds. The highest BCUT2D eigenvalue weighted by atomic mass is 15.3. The summed E-state index contributed by atoms with van der Waals surface area (Å²) in [5.41, 5.74) is 2.55. The Bertz CT molecular complexity index is 326. The highest BCUT2D eigenvalue weighted by Crippen LogP contribution is 2.13. The molecule has 16 heavy (non-hydrogen) atoms. The van der Waals surface area contributed by atoms with Crippen LogP contribution >= 0.6 is 0 Å². The summed E-state index contributed by atoms with van der Waals surface area (Å²) in [6.07, 6.45) is 6.43. The summed E-state index contributed by atoms with van der Waals surface area (Å²) in [6.45, 7) is 9.57. The van der Waals surface area contributed by atoms with Gasteiger partial charge in [-0.1, -0.05) is 13.0 Å². The van der Waals surface area contributed by atoms with Crippen LogP contribution < -0.4 is 5.32 Å². The summed E-state index contributed by atoms with van der Waals surface area (Å²) >= 11 is 0. The SMILES string of the molecule is CCCNCCC=C(C)c1ccnn1CC. The second kappa shape index (κ2) is 7.23. The van der Waals surface area contributed by atoms with E-state index in [4.69, 9.17) is 0 Å². The van der Waals surface area contributed by atoms with Crippen molar-refractivity contribution in [3.8, 4) is 0 Å². The van der Waals surface area contributed by atoms with E-state index in [1.165, 1.54) is 17.7 Å². The van der Waals surface area contributed by atoms with Crippen LogP contribution in [-0.2, 0) is 6.54 Å². The molecule has 1 aromatic heterocycles. The summed E-state index contributed by atoms with van der Waals surface area (Å²) in [7, 11) is 0. The molecule has 0 aromatic carbocycles. The predicted molar refractivity (Wildman–Crippen MR) is 69.3 cm³/mol. The Balaban J connectivity index is 2.44. The molecule has 0 aliphatic rings. The van der Waals surface area contributed by atoms with Gasteiger partial charge in [0.25, 0.3) is 0 Å². The van der Waals surface area contributed by atoms with Crippen molar-refractivity contribution in [1.82, 2.24) is 15.1 Å².